The van der Waals surface area contributed by atoms with E-state index >= 15 is 0 Å². The quantitative estimate of drug-likeness (QED) is 0.392. The van der Waals surface area contributed by atoms with Gasteiger partial charge in [0.15, 0.2) is 5.11 Å². The van der Waals surface area contributed by atoms with Gasteiger partial charge in [-0.1, -0.05) is 0 Å². The lowest BCUT2D eigenvalue weighted by Gasteiger charge is -2.35. The van der Waals surface area contributed by atoms with E-state index in [0.29, 0.717) is 12.3 Å². The number of nitrogens with one attached hydrogen (secondary N) is 3. The van der Waals surface area contributed by atoms with Gasteiger partial charge in [0.1, 0.15) is 5.56 Å². The predicted octanol–water partition coefficient (Wildman–Crippen LogP) is -1.30. The van der Waals surface area contributed by atoms with E-state index in [4.69, 9.17) is 12.2 Å². The minimum absolute atomic E-state index is 0.00112. The van der Waals surface area contributed by atoms with Crippen molar-refractivity contribution in [1.82, 2.24) is 25.1 Å². The molecule has 24 heavy (non-hydrogen) atoms. The van der Waals surface area contributed by atoms with Crippen molar-refractivity contribution in [3.05, 3.63) is 26.4 Å². The zero-order valence-electron chi connectivity index (χ0n) is 13.8. The van der Waals surface area contributed by atoms with E-state index < -0.39 is 17.1 Å². The zero-order valence-corrected chi connectivity index (χ0v) is 14.6. The molecule has 0 bridgehead atoms. The van der Waals surface area contributed by atoms with Gasteiger partial charge in [0, 0.05) is 45.5 Å². The molecule has 0 amide bonds. The van der Waals surface area contributed by atoms with Crippen molar-refractivity contribution in [3.63, 3.8) is 0 Å². The summed E-state index contributed by atoms with van der Waals surface area (Å²) in [4.78, 5) is 35.8. The van der Waals surface area contributed by atoms with Crippen LogP contribution < -0.4 is 16.6 Å². The van der Waals surface area contributed by atoms with Gasteiger partial charge in [-0.2, -0.15) is 0 Å². The van der Waals surface area contributed by atoms with Gasteiger partial charge in [0.05, 0.1) is 6.54 Å². The lowest BCUT2D eigenvalue weighted by molar-refractivity contribution is 0.186. The molecule has 0 spiro atoms. The van der Waals surface area contributed by atoms with Crippen LogP contribution in [0.5, 0.6) is 5.88 Å². The predicted molar refractivity (Wildman–Crippen MR) is 96.1 cm³/mol. The molecular formula is C14H22N6O3S. The third-order valence-electron chi connectivity index (χ3n) is 3.92. The van der Waals surface area contributed by atoms with E-state index in [0.717, 1.165) is 37.8 Å². The molecule has 0 aliphatic carbocycles. The standard InChI is InChI=1S/C14H22N6O3S/c1-9(10-11(21)17-13(23)18-12(10)22)16-3-4-19-5-7-20(8-6-19)14(24)15-2/h3-8H2,1-2H3,(H,15,24)(H3,17,18,21,22,23). The van der Waals surface area contributed by atoms with Gasteiger partial charge in [-0.15, -0.1) is 0 Å². The van der Waals surface area contributed by atoms with Gasteiger partial charge in [-0.05, 0) is 19.1 Å². The molecule has 1 aliphatic heterocycles. The Bertz CT molecular complexity index is 733. The normalized spacial score (nSPS) is 16.2. The molecule has 0 unspecified atom stereocenters. The zero-order chi connectivity index (χ0) is 17.7. The number of rotatable bonds is 4. The van der Waals surface area contributed by atoms with Crippen molar-refractivity contribution in [1.29, 1.82) is 0 Å². The molecule has 10 heteroatoms. The number of hydrogen-bond acceptors (Lipinski definition) is 6. The van der Waals surface area contributed by atoms with Crippen LogP contribution in [-0.2, 0) is 0 Å². The third-order valence-corrected chi connectivity index (χ3v) is 4.39. The molecule has 132 valence electrons. The number of aromatic hydroxyl groups is 1. The lowest BCUT2D eigenvalue weighted by Crippen LogP contribution is -2.51. The van der Waals surface area contributed by atoms with Crippen LogP contribution in [0.4, 0.5) is 0 Å². The molecule has 1 fully saturated rings. The summed E-state index contributed by atoms with van der Waals surface area (Å²) in [6.45, 7) is 6.39. The Hall–Kier alpha value is -2.20. The SMILES string of the molecule is CNC(=S)N1CCN(CCN=C(C)c2c(O)[nH]c(=O)[nH]c2=O)CC1. The highest BCUT2D eigenvalue weighted by Crippen LogP contribution is 2.07. The van der Waals surface area contributed by atoms with Crippen LogP contribution in [0.1, 0.15) is 12.5 Å². The minimum atomic E-state index is -0.744. The summed E-state index contributed by atoms with van der Waals surface area (Å²) >= 11 is 5.22. The Morgan fingerprint density at radius 2 is 1.96 bits per heavy atom. The summed E-state index contributed by atoms with van der Waals surface area (Å²) in [5.74, 6) is -0.459. The van der Waals surface area contributed by atoms with Crippen molar-refractivity contribution in [2.45, 2.75) is 6.92 Å². The van der Waals surface area contributed by atoms with Crippen molar-refractivity contribution in [3.8, 4) is 5.88 Å². The van der Waals surface area contributed by atoms with E-state index in [1.807, 2.05) is 7.05 Å². The number of nitrogens with zero attached hydrogens (tertiary/aromatic N) is 3. The summed E-state index contributed by atoms with van der Waals surface area (Å²) in [6.07, 6.45) is 0. The van der Waals surface area contributed by atoms with E-state index in [2.05, 4.69) is 30.1 Å². The molecule has 1 saturated heterocycles. The second-order valence-electron chi connectivity index (χ2n) is 5.48. The van der Waals surface area contributed by atoms with Crippen LogP contribution >= 0.6 is 12.2 Å². The molecule has 0 atom stereocenters. The number of aliphatic imine (C=N–C) groups is 1. The first kappa shape index (κ1) is 18.1. The monoisotopic (exact) mass is 354 g/mol. The van der Waals surface area contributed by atoms with Gasteiger partial charge in [-0.3, -0.25) is 24.7 Å². The number of hydrogen-bond donors (Lipinski definition) is 4. The van der Waals surface area contributed by atoms with Crippen molar-refractivity contribution in [2.24, 2.45) is 4.99 Å². The Labute approximate surface area is 144 Å². The fraction of sp³-hybridized carbons (Fsp3) is 0.571. The second-order valence-corrected chi connectivity index (χ2v) is 5.87. The van der Waals surface area contributed by atoms with E-state index in [-0.39, 0.29) is 5.56 Å². The molecule has 0 aromatic carbocycles. The van der Waals surface area contributed by atoms with Gasteiger partial charge >= 0.3 is 5.69 Å². The van der Waals surface area contributed by atoms with E-state index in [1.54, 1.807) is 6.92 Å². The third kappa shape index (κ3) is 4.42. The summed E-state index contributed by atoms with van der Waals surface area (Å²) in [6, 6.07) is 0. The minimum Gasteiger partial charge on any atom is -0.494 e. The molecule has 2 rings (SSSR count). The maximum atomic E-state index is 11.7. The van der Waals surface area contributed by atoms with E-state index in [1.165, 1.54) is 0 Å². The van der Waals surface area contributed by atoms with Gasteiger partial charge in [0.25, 0.3) is 5.56 Å². The van der Waals surface area contributed by atoms with E-state index in [9.17, 15) is 14.7 Å². The summed E-state index contributed by atoms with van der Waals surface area (Å²) in [7, 11) is 1.82. The highest BCUT2D eigenvalue weighted by Gasteiger charge is 2.18. The molecule has 1 aromatic rings. The first-order valence-electron chi connectivity index (χ1n) is 7.68. The van der Waals surface area contributed by atoms with Crippen LogP contribution in [0.25, 0.3) is 0 Å². The van der Waals surface area contributed by atoms with Crippen LogP contribution in [0, 0.1) is 0 Å². The van der Waals surface area contributed by atoms with Crippen LogP contribution in [-0.4, -0.2) is 82.0 Å². The van der Waals surface area contributed by atoms with Crippen LogP contribution in [0.2, 0.25) is 0 Å². The topological polar surface area (TPSA) is 117 Å². The smallest absolute Gasteiger partial charge is 0.328 e. The molecule has 1 aromatic heterocycles. The van der Waals surface area contributed by atoms with Gasteiger partial charge in [0.2, 0.25) is 5.88 Å². The molecular weight excluding hydrogens is 332 g/mol. The summed E-state index contributed by atoms with van der Waals surface area (Å²) in [5.41, 5.74) is -1.00. The largest absolute Gasteiger partial charge is 0.494 e. The molecule has 0 radical (unpaired) electrons. The van der Waals surface area contributed by atoms with Crippen molar-refractivity contribution >= 4 is 23.0 Å². The summed E-state index contributed by atoms with van der Waals surface area (Å²) in [5, 5.41) is 13.4. The fourth-order valence-corrected chi connectivity index (χ4v) is 2.76. The van der Waals surface area contributed by atoms with Gasteiger partial charge < -0.3 is 15.3 Å². The fourth-order valence-electron chi connectivity index (χ4n) is 2.58. The Kier molecular flexibility index (Phi) is 6.10. The Balaban J connectivity index is 1.90. The highest BCUT2D eigenvalue weighted by atomic mass is 32.1. The Morgan fingerprint density at radius 1 is 1.29 bits per heavy atom. The maximum Gasteiger partial charge on any atom is 0.328 e. The number of thiocarbonyl (C=S) groups is 1. The molecule has 4 N–H and O–H groups in total. The molecule has 0 saturated carbocycles. The average Bonchev–Trinajstić information content (AvgIpc) is 2.53. The first-order chi connectivity index (χ1) is 11.4. The maximum absolute atomic E-state index is 11.7. The van der Waals surface area contributed by atoms with Gasteiger partial charge in [-0.25, -0.2) is 4.79 Å². The average molecular weight is 354 g/mol. The van der Waals surface area contributed by atoms with Crippen molar-refractivity contribution < 1.29 is 5.11 Å². The molecule has 9 nitrogen and oxygen atoms in total. The highest BCUT2D eigenvalue weighted by molar-refractivity contribution is 7.80. The lowest BCUT2D eigenvalue weighted by atomic mass is 10.2. The first-order valence-corrected chi connectivity index (χ1v) is 8.09. The van der Waals surface area contributed by atoms with Crippen LogP contribution in [0.3, 0.4) is 0 Å². The number of aromatic nitrogens is 2. The number of H-pyrrole nitrogens is 2. The molecule has 2 heterocycles. The van der Waals surface area contributed by atoms with Crippen molar-refractivity contribution in [2.75, 3.05) is 46.3 Å². The Morgan fingerprint density at radius 3 is 2.54 bits per heavy atom. The number of piperazine rings is 1. The number of aromatic amines is 2. The molecule has 1 aliphatic rings. The summed E-state index contributed by atoms with van der Waals surface area (Å²) < 4.78 is 0. The second kappa shape index (κ2) is 8.06. The van der Waals surface area contributed by atoms with Crippen LogP contribution in [0.15, 0.2) is 14.6 Å².